The second kappa shape index (κ2) is 9.59. The highest BCUT2D eigenvalue weighted by Crippen LogP contribution is 2.26. The molecule has 3 heterocycles. The molecular formula is C20H21FN4O3S2. The van der Waals surface area contributed by atoms with Crippen LogP contribution in [0.3, 0.4) is 0 Å². The number of ether oxygens (including phenoxy) is 1. The summed E-state index contributed by atoms with van der Waals surface area (Å²) in [6, 6.07) is 8.85. The summed E-state index contributed by atoms with van der Waals surface area (Å²) >= 11 is 2.78. The molecule has 30 heavy (non-hydrogen) atoms. The molecule has 0 atom stereocenters. The van der Waals surface area contributed by atoms with Crippen LogP contribution in [0.15, 0.2) is 45.4 Å². The quantitative estimate of drug-likeness (QED) is 0.513. The van der Waals surface area contributed by atoms with Crippen LogP contribution >= 0.6 is 23.1 Å². The first kappa shape index (κ1) is 20.8. The molecule has 7 nitrogen and oxygen atoms in total. The van der Waals surface area contributed by atoms with Crippen molar-refractivity contribution in [2.75, 3.05) is 39.0 Å². The Morgan fingerprint density at radius 2 is 2.10 bits per heavy atom. The van der Waals surface area contributed by atoms with Crippen molar-refractivity contribution in [1.82, 2.24) is 20.0 Å². The van der Waals surface area contributed by atoms with E-state index in [1.54, 1.807) is 6.07 Å². The lowest BCUT2D eigenvalue weighted by Crippen LogP contribution is -2.48. The fourth-order valence-corrected chi connectivity index (χ4v) is 4.51. The lowest BCUT2D eigenvalue weighted by molar-refractivity contribution is -0.130. The van der Waals surface area contributed by atoms with E-state index in [0.29, 0.717) is 30.7 Å². The number of rotatable bonds is 7. The average molecular weight is 449 g/mol. The highest BCUT2D eigenvalue weighted by molar-refractivity contribution is 7.99. The Labute approximate surface area is 181 Å². The SMILES string of the molecule is COc1ccc(CN2CCN(C(=O)CSc3nnc(-c4cccs4)o3)CC2)cc1F. The van der Waals surface area contributed by atoms with Gasteiger partial charge in [0.2, 0.25) is 5.91 Å². The van der Waals surface area contributed by atoms with E-state index in [4.69, 9.17) is 9.15 Å². The fourth-order valence-electron chi connectivity index (χ4n) is 3.20. The zero-order valence-electron chi connectivity index (χ0n) is 16.4. The molecule has 158 valence electrons. The Kier molecular flexibility index (Phi) is 6.66. The van der Waals surface area contributed by atoms with Crippen molar-refractivity contribution in [1.29, 1.82) is 0 Å². The van der Waals surface area contributed by atoms with Gasteiger partial charge in [-0.05, 0) is 29.1 Å². The molecule has 1 amide bonds. The molecule has 1 saturated heterocycles. The van der Waals surface area contributed by atoms with E-state index in [-0.39, 0.29) is 23.2 Å². The molecular weight excluding hydrogens is 427 g/mol. The van der Waals surface area contributed by atoms with Gasteiger partial charge in [0.15, 0.2) is 11.6 Å². The van der Waals surface area contributed by atoms with Crippen LogP contribution in [0.4, 0.5) is 4.39 Å². The minimum Gasteiger partial charge on any atom is -0.494 e. The summed E-state index contributed by atoms with van der Waals surface area (Å²) in [5, 5.41) is 10.4. The van der Waals surface area contributed by atoms with Gasteiger partial charge in [-0.25, -0.2) is 4.39 Å². The van der Waals surface area contributed by atoms with Crippen LogP contribution in [0.2, 0.25) is 0 Å². The molecule has 1 aliphatic rings. The van der Waals surface area contributed by atoms with Gasteiger partial charge in [-0.15, -0.1) is 21.5 Å². The maximum atomic E-state index is 13.9. The lowest BCUT2D eigenvalue weighted by atomic mass is 10.2. The number of amides is 1. The first-order valence-electron chi connectivity index (χ1n) is 9.45. The Morgan fingerprint density at radius 3 is 2.80 bits per heavy atom. The third kappa shape index (κ3) is 5.00. The van der Waals surface area contributed by atoms with Gasteiger partial charge < -0.3 is 14.1 Å². The molecule has 0 saturated carbocycles. The summed E-state index contributed by atoms with van der Waals surface area (Å²) in [6.07, 6.45) is 0. The number of thioether (sulfide) groups is 1. The Hall–Kier alpha value is -2.43. The number of halogens is 1. The van der Waals surface area contributed by atoms with Gasteiger partial charge in [-0.1, -0.05) is 23.9 Å². The Balaban J connectivity index is 1.23. The van der Waals surface area contributed by atoms with E-state index >= 15 is 0 Å². The largest absolute Gasteiger partial charge is 0.494 e. The predicted octanol–water partition coefficient (Wildman–Crippen LogP) is 3.38. The van der Waals surface area contributed by atoms with E-state index in [1.165, 1.54) is 36.3 Å². The predicted molar refractivity (Wildman–Crippen MR) is 113 cm³/mol. The lowest BCUT2D eigenvalue weighted by Gasteiger charge is -2.34. The average Bonchev–Trinajstić information content (AvgIpc) is 3.45. The summed E-state index contributed by atoms with van der Waals surface area (Å²) in [5.41, 5.74) is 0.890. The normalized spacial score (nSPS) is 14.8. The third-order valence-electron chi connectivity index (χ3n) is 4.80. The van der Waals surface area contributed by atoms with Crippen molar-refractivity contribution in [3.05, 3.63) is 47.1 Å². The molecule has 0 radical (unpaired) electrons. The number of hydrogen-bond donors (Lipinski definition) is 0. The van der Waals surface area contributed by atoms with Gasteiger partial charge in [0.25, 0.3) is 11.1 Å². The van der Waals surface area contributed by atoms with E-state index < -0.39 is 0 Å². The fraction of sp³-hybridized carbons (Fsp3) is 0.350. The topological polar surface area (TPSA) is 71.7 Å². The van der Waals surface area contributed by atoms with Crippen molar-refractivity contribution in [2.24, 2.45) is 0 Å². The van der Waals surface area contributed by atoms with Gasteiger partial charge >= 0.3 is 0 Å². The van der Waals surface area contributed by atoms with Crippen LogP contribution in [0, 0.1) is 5.82 Å². The molecule has 10 heteroatoms. The number of methoxy groups -OCH3 is 1. The Morgan fingerprint density at radius 1 is 1.27 bits per heavy atom. The minimum absolute atomic E-state index is 0.0472. The number of benzene rings is 1. The molecule has 4 rings (SSSR count). The first-order chi connectivity index (χ1) is 14.6. The molecule has 1 fully saturated rings. The highest BCUT2D eigenvalue weighted by atomic mass is 32.2. The summed E-state index contributed by atoms with van der Waals surface area (Å²) in [4.78, 5) is 17.5. The van der Waals surface area contributed by atoms with Crippen LogP contribution in [-0.2, 0) is 11.3 Å². The smallest absolute Gasteiger partial charge is 0.277 e. The van der Waals surface area contributed by atoms with Gasteiger partial charge in [0, 0.05) is 32.7 Å². The van der Waals surface area contributed by atoms with E-state index in [0.717, 1.165) is 23.5 Å². The second-order valence-corrected chi connectivity index (χ2v) is 8.64. The molecule has 1 aliphatic heterocycles. The zero-order chi connectivity index (χ0) is 20.9. The van der Waals surface area contributed by atoms with Gasteiger partial charge in [0.05, 0.1) is 17.7 Å². The molecule has 3 aromatic rings. The van der Waals surface area contributed by atoms with Crippen LogP contribution in [0.1, 0.15) is 5.56 Å². The summed E-state index contributed by atoms with van der Waals surface area (Å²) < 4.78 is 24.4. The summed E-state index contributed by atoms with van der Waals surface area (Å²) in [5.74, 6) is 0.671. The Bertz CT molecular complexity index is 988. The summed E-state index contributed by atoms with van der Waals surface area (Å²) in [7, 11) is 1.45. The van der Waals surface area contributed by atoms with Gasteiger partial charge in [0.1, 0.15) is 0 Å². The van der Waals surface area contributed by atoms with Gasteiger partial charge in [-0.2, -0.15) is 0 Å². The molecule has 0 aliphatic carbocycles. The van der Waals surface area contributed by atoms with Gasteiger partial charge in [-0.3, -0.25) is 9.69 Å². The molecule has 1 aromatic carbocycles. The highest BCUT2D eigenvalue weighted by Gasteiger charge is 2.22. The maximum absolute atomic E-state index is 13.9. The van der Waals surface area contributed by atoms with E-state index in [9.17, 15) is 9.18 Å². The first-order valence-corrected chi connectivity index (χ1v) is 11.3. The van der Waals surface area contributed by atoms with Crippen LogP contribution in [0.5, 0.6) is 5.75 Å². The molecule has 0 unspecified atom stereocenters. The molecule has 2 aromatic heterocycles. The monoisotopic (exact) mass is 448 g/mol. The van der Waals surface area contributed by atoms with E-state index in [2.05, 4.69) is 15.1 Å². The van der Waals surface area contributed by atoms with Crippen molar-refractivity contribution in [2.45, 2.75) is 11.8 Å². The van der Waals surface area contributed by atoms with Crippen LogP contribution in [0.25, 0.3) is 10.8 Å². The molecule has 0 bridgehead atoms. The second-order valence-electron chi connectivity index (χ2n) is 6.76. The van der Waals surface area contributed by atoms with Crippen LogP contribution < -0.4 is 4.74 Å². The van der Waals surface area contributed by atoms with Crippen molar-refractivity contribution >= 4 is 29.0 Å². The van der Waals surface area contributed by atoms with Crippen molar-refractivity contribution < 1.29 is 18.3 Å². The number of carbonyl (C=O) groups is 1. The van der Waals surface area contributed by atoms with Crippen molar-refractivity contribution in [3.8, 4) is 16.5 Å². The number of carbonyl (C=O) groups excluding carboxylic acids is 1. The van der Waals surface area contributed by atoms with Crippen molar-refractivity contribution in [3.63, 3.8) is 0 Å². The molecule has 0 spiro atoms. The number of hydrogen-bond acceptors (Lipinski definition) is 8. The number of piperazine rings is 1. The van der Waals surface area contributed by atoms with Crippen LogP contribution in [-0.4, -0.2) is 64.9 Å². The van der Waals surface area contributed by atoms with E-state index in [1.807, 2.05) is 28.5 Å². The molecule has 0 N–H and O–H groups in total. The number of aromatic nitrogens is 2. The summed E-state index contributed by atoms with van der Waals surface area (Å²) in [6.45, 7) is 3.41. The minimum atomic E-state index is -0.357. The zero-order valence-corrected chi connectivity index (χ0v) is 18.0. The maximum Gasteiger partial charge on any atom is 0.277 e. The standard InChI is InChI=1S/C20H21FN4O3S2/c1-27-16-5-4-14(11-15(16)21)12-24-6-8-25(9-7-24)18(26)13-30-20-23-22-19(28-20)17-3-2-10-29-17/h2-5,10-11H,6-9,12-13H2,1H3. The number of nitrogens with zero attached hydrogens (tertiary/aromatic N) is 4. The third-order valence-corrected chi connectivity index (χ3v) is 6.47. The number of thiophene rings is 1.